The number of rotatable bonds is 5. The minimum absolute atomic E-state index is 0.0335. The largest absolute Gasteiger partial charge is 0.497 e. The van der Waals surface area contributed by atoms with Crippen LogP contribution in [0.25, 0.3) is 6.08 Å². The standard InChI is InChI=1S/C19H15NO5S/c1-25-15-7-5-12(6-8-15)10-16-17(21)20(19(24)26-16)11-13-3-2-4-14(9-13)18(22)23/h2-10H,11H2,1H3,(H,22,23)/b16-10-. The zero-order chi connectivity index (χ0) is 18.7. The quantitative estimate of drug-likeness (QED) is 0.810. The van der Waals surface area contributed by atoms with Gasteiger partial charge in [0.25, 0.3) is 11.1 Å². The average molecular weight is 369 g/mol. The lowest BCUT2D eigenvalue weighted by atomic mass is 10.1. The van der Waals surface area contributed by atoms with Crippen LogP contribution in [0.4, 0.5) is 4.79 Å². The molecule has 132 valence electrons. The third-order valence-electron chi connectivity index (χ3n) is 3.80. The highest BCUT2D eigenvalue weighted by Crippen LogP contribution is 2.33. The van der Waals surface area contributed by atoms with Gasteiger partial charge in [-0.05, 0) is 53.2 Å². The van der Waals surface area contributed by atoms with E-state index in [0.717, 1.165) is 22.2 Å². The summed E-state index contributed by atoms with van der Waals surface area (Å²) in [5.41, 5.74) is 1.48. The highest BCUT2D eigenvalue weighted by molar-refractivity contribution is 8.18. The van der Waals surface area contributed by atoms with E-state index in [1.54, 1.807) is 49.6 Å². The van der Waals surface area contributed by atoms with Crippen LogP contribution in [0.15, 0.2) is 53.4 Å². The highest BCUT2D eigenvalue weighted by Gasteiger charge is 2.35. The van der Waals surface area contributed by atoms with Crippen LogP contribution in [0, 0.1) is 0 Å². The first kappa shape index (κ1) is 17.8. The Bertz CT molecular complexity index is 904. The molecule has 1 aliphatic heterocycles. The number of thioether (sulfide) groups is 1. The number of hydrogen-bond donors (Lipinski definition) is 1. The molecule has 0 radical (unpaired) electrons. The van der Waals surface area contributed by atoms with E-state index in [1.807, 2.05) is 0 Å². The van der Waals surface area contributed by atoms with Gasteiger partial charge >= 0.3 is 5.97 Å². The lowest BCUT2D eigenvalue weighted by Crippen LogP contribution is -2.27. The number of nitrogens with zero attached hydrogens (tertiary/aromatic N) is 1. The molecule has 26 heavy (non-hydrogen) atoms. The van der Waals surface area contributed by atoms with Crippen molar-refractivity contribution in [3.8, 4) is 5.75 Å². The molecule has 1 N–H and O–H groups in total. The van der Waals surface area contributed by atoms with Gasteiger partial charge in [0.1, 0.15) is 5.75 Å². The molecular weight excluding hydrogens is 354 g/mol. The van der Waals surface area contributed by atoms with Gasteiger partial charge in [0.05, 0.1) is 24.1 Å². The van der Waals surface area contributed by atoms with Gasteiger partial charge in [0.15, 0.2) is 0 Å². The molecule has 0 unspecified atom stereocenters. The number of benzene rings is 2. The Kier molecular flexibility index (Phi) is 5.09. The van der Waals surface area contributed by atoms with Crippen LogP contribution in [-0.4, -0.2) is 34.2 Å². The summed E-state index contributed by atoms with van der Waals surface area (Å²) in [5, 5.41) is 8.67. The molecule has 1 saturated heterocycles. The van der Waals surface area contributed by atoms with E-state index in [2.05, 4.69) is 0 Å². The van der Waals surface area contributed by atoms with Crippen molar-refractivity contribution in [2.75, 3.05) is 7.11 Å². The van der Waals surface area contributed by atoms with Crippen LogP contribution in [-0.2, 0) is 11.3 Å². The first-order valence-electron chi connectivity index (χ1n) is 7.69. The topological polar surface area (TPSA) is 83.9 Å². The summed E-state index contributed by atoms with van der Waals surface area (Å²) in [7, 11) is 1.57. The molecule has 2 aromatic carbocycles. The van der Waals surface area contributed by atoms with Gasteiger partial charge in [-0.3, -0.25) is 14.5 Å². The number of amides is 2. The van der Waals surface area contributed by atoms with E-state index < -0.39 is 11.9 Å². The molecule has 2 aromatic rings. The summed E-state index contributed by atoms with van der Waals surface area (Å²) in [6.45, 7) is 0.0335. The molecule has 0 saturated carbocycles. The first-order valence-corrected chi connectivity index (χ1v) is 8.51. The van der Waals surface area contributed by atoms with Gasteiger partial charge in [-0.1, -0.05) is 24.3 Å². The number of aromatic carboxylic acids is 1. The van der Waals surface area contributed by atoms with Crippen molar-refractivity contribution in [1.82, 2.24) is 4.90 Å². The molecule has 0 aliphatic carbocycles. The summed E-state index contributed by atoms with van der Waals surface area (Å²) in [5.74, 6) is -0.745. The summed E-state index contributed by atoms with van der Waals surface area (Å²) in [6.07, 6.45) is 1.65. The number of ether oxygens (including phenoxy) is 1. The molecule has 0 atom stereocenters. The SMILES string of the molecule is COc1ccc(/C=C2\SC(=O)N(Cc3cccc(C(=O)O)c3)C2=O)cc1. The van der Waals surface area contributed by atoms with Crippen molar-refractivity contribution in [2.45, 2.75) is 6.54 Å². The van der Waals surface area contributed by atoms with E-state index in [-0.39, 0.29) is 17.3 Å². The zero-order valence-electron chi connectivity index (χ0n) is 13.8. The van der Waals surface area contributed by atoms with Crippen LogP contribution >= 0.6 is 11.8 Å². The second kappa shape index (κ2) is 7.45. The third-order valence-corrected chi connectivity index (χ3v) is 4.71. The molecule has 7 heteroatoms. The van der Waals surface area contributed by atoms with Crippen LogP contribution in [0.5, 0.6) is 5.75 Å². The van der Waals surface area contributed by atoms with Gasteiger partial charge < -0.3 is 9.84 Å². The van der Waals surface area contributed by atoms with Crippen LogP contribution in [0.2, 0.25) is 0 Å². The Labute approximate surface area is 154 Å². The molecule has 0 aromatic heterocycles. The fourth-order valence-electron chi connectivity index (χ4n) is 2.47. The van der Waals surface area contributed by atoms with Crippen LogP contribution in [0.3, 0.4) is 0 Å². The maximum absolute atomic E-state index is 12.5. The van der Waals surface area contributed by atoms with E-state index in [4.69, 9.17) is 9.84 Å². The number of methoxy groups -OCH3 is 1. The Balaban J connectivity index is 1.79. The molecule has 6 nitrogen and oxygen atoms in total. The van der Waals surface area contributed by atoms with E-state index in [0.29, 0.717) is 16.2 Å². The Morgan fingerprint density at radius 2 is 1.92 bits per heavy atom. The lowest BCUT2D eigenvalue weighted by molar-refractivity contribution is -0.123. The van der Waals surface area contributed by atoms with E-state index >= 15 is 0 Å². The molecule has 1 fully saturated rings. The number of imide groups is 1. The molecule has 1 aliphatic rings. The molecule has 0 spiro atoms. The minimum atomic E-state index is -1.06. The summed E-state index contributed by atoms with van der Waals surface area (Å²) in [4.78, 5) is 37.2. The summed E-state index contributed by atoms with van der Waals surface area (Å²) in [6, 6.07) is 13.3. The maximum atomic E-state index is 12.5. The molecule has 2 amide bonds. The second-order valence-electron chi connectivity index (χ2n) is 5.55. The van der Waals surface area contributed by atoms with Crippen molar-refractivity contribution in [2.24, 2.45) is 0 Å². The highest BCUT2D eigenvalue weighted by atomic mass is 32.2. The van der Waals surface area contributed by atoms with Crippen molar-refractivity contribution in [1.29, 1.82) is 0 Å². The van der Waals surface area contributed by atoms with Gasteiger partial charge in [0.2, 0.25) is 0 Å². The fraction of sp³-hybridized carbons (Fsp3) is 0.105. The van der Waals surface area contributed by atoms with Gasteiger partial charge in [0, 0.05) is 0 Å². The summed E-state index contributed by atoms with van der Waals surface area (Å²) >= 11 is 0.867. The van der Waals surface area contributed by atoms with E-state index in [1.165, 1.54) is 12.1 Å². The van der Waals surface area contributed by atoms with Crippen LogP contribution in [0.1, 0.15) is 21.5 Å². The number of carbonyl (C=O) groups is 3. The number of hydrogen-bond acceptors (Lipinski definition) is 5. The summed E-state index contributed by atoms with van der Waals surface area (Å²) < 4.78 is 5.09. The molecule has 1 heterocycles. The Morgan fingerprint density at radius 1 is 1.19 bits per heavy atom. The van der Waals surface area contributed by atoms with Gasteiger partial charge in [-0.2, -0.15) is 0 Å². The van der Waals surface area contributed by atoms with Crippen molar-refractivity contribution in [3.63, 3.8) is 0 Å². The number of carboxylic acids is 1. The fourth-order valence-corrected chi connectivity index (χ4v) is 3.31. The third kappa shape index (κ3) is 3.78. The van der Waals surface area contributed by atoms with Crippen molar-refractivity contribution >= 4 is 35.0 Å². The predicted octanol–water partition coefficient (Wildman–Crippen LogP) is 3.63. The van der Waals surface area contributed by atoms with Crippen molar-refractivity contribution < 1.29 is 24.2 Å². The van der Waals surface area contributed by atoms with E-state index in [9.17, 15) is 14.4 Å². The second-order valence-corrected chi connectivity index (χ2v) is 6.54. The average Bonchev–Trinajstić information content (AvgIpc) is 2.90. The Morgan fingerprint density at radius 3 is 2.58 bits per heavy atom. The molecule has 3 rings (SSSR count). The Hall–Kier alpha value is -3.06. The first-order chi connectivity index (χ1) is 12.5. The maximum Gasteiger partial charge on any atom is 0.335 e. The zero-order valence-corrected chi connectivity index (χ0v) is 14.7. The number of carbonyl (C=O) groups excluding carboxylic acids is 2. The molecule has 0 bridgehead atoms. The van der Waals surface area contributed by atoms with Gasteiger partial charge in [-0.15, -0.1) is 0 Å². The van der Waals surface area contributed by atoms with Gasteiger partial charge in [-0.25, -0.2) is 4.79 Å². The molecular formula is C19H15NO5S. The lowest BCUT2D eigenvalue weighted by Gasteiger charge is -2.12. The monoisotopic (exact) mass is 369 g/mol. The van der Waals surface area contributed by atoms with Crippen molar-refractivity contribution in [3.05, 3.63) is 70.1 Å². The smallest absolute Gasteiger partial charge is 0.335 e. The van der Waals surface area contributed by atoms with Crippen LogP contribution < -0.4 is 4.74 Å². The predicted molar refractivity (Wildman–Crippen MR) is 97.9 cm³/mol. The minimum Gasteiger partial charge on any atom is -0.497 e. The number of carboxylic acid groups (broad SMARTS) is 1. The normalized spacial score (nSPS) is 15.6.